The van der Waals surface area contributed by atoms with Crippen molar-refractivity contribution >= 4 is 28.3 Å². The molecule has 43 heavy (non-hydrogen) atoms. The number of hydrogen-bond donors (Lipinski definition) is 2. The van der Waals surface area contributed by atoms with Gasteiger partial charge in [0.05, 0.1) is 48.0 Å². The molecule has 4 aliphatic rings. The van der Waals surface area contributed by atoms with Crippen molar-refractivity contribution < 1.29 is 9.53 Å². The highest BCUT2D eigenvalue weighted by atomic mass is 16.5. The number of likely N-dealkylation sites (tertiary alicyclic amines) is 1. The van der Waals surface area contributed by atoms with Crippen molar-refractivity contribution in [2.45, 2.75) is 50.4 Å². The number of para-hydroxylation sites is 1. The zero-order chi connectivity index (χ0) is 29.5. The van der Waals surface area contributed by atoms with Gasteiger partial charge in [0, 0.05) is 55.8 Å². The third-order valence-corrected chi connectivity index (χ3v) is 9.27. The number of carbonyl (C=O) groups excluding carboxylic acids is 1. The number of amides is 1. The Morgan fingerprint density at radius 1 is 1.14 bits per heavy atom. The molecule has 6 heterocycles. The van der Waals surface area contributed by atoms with Crippen LogP contribution < -0.4 is 25.4 Å². The van der Waals surface area contributed by atoms with Gasteiger partial charge in [-0.2, -0.15) is 15.2 Å². The van der Waals surface area contributed by atoms with Crippen molar-refractivity contribution in [3.05, 3.63) is 51.9 Å². The van der Waals surface area contributed by atoms with Crippen LogP contribution in [0.5, 0.6) is 6.01 Å². The molecule has 2 aromatic heterocycles. The van der Waals surface area contributed by atoms with Crippen LogP contribution in [0.25, 0.3) is 10.9 Å². The first-order chi connectivity index (χ1) is 21.0. The van der Waals surface area contributed by atoms with E-state index in [0.29, 0.717) is 64.3 Å². The number of carbonyl (C=O) groups is 1. The van der Waals surface area contributed by atoms with Crippen LogP contribution >= 0.6 is 0 Å². The average Bonchev–Trinajstić information content (AvgIpc) is 3.79. The predicted molar refractivity (Wildman–Crippen MR) is 162 cm³/mol. The zero-order valence-corrected chi connectivity index (χ0v) is 24.5. The van der Waals surface area contributed by atoms with Crippen LogP contribution in [0.1, 0.15) is 30.5 Å². The van der Waals surface area contributed by atoms with Gasteiger partial charge < -0.3 is 34.6 Å². The number of likely N-dealkylation sites (N-methyl/N-ethyl adjacent to an activating group) is 1. The number of ether oxygens (including phenoxy) is 1. The molecule has 12 nitrogen and oxygen atoms in total. The molecular weight excluding hydrogens is 546 g/mol. The average molecular weight is 584 g/mol. The van der Waals surface area contributed by atoms with Crippen molar-refractivity contribution in [2.24, 2.45) is 0 Å². The van der Waals surface area contributed by atoms with Crippen LogP contribution in [0.15, 0.2) is 35.1 Å². The molecule has 2 N–H and O–H groups in total. The minimum absolute atomic E-state index is 0.0787. The first kappa shape index (κ1) is 27.6. The monoisotopic (exact) mass is 583 g/mol. The Morgan fingerprint density at radius 2 is 2.00 bits per heavy atom. The lowest BCUT2D eigenvalue weighted by molar-refractivity contribution is -0.133. The minimum Gasteiger partial charge on any atom is -0.462 e. The molecule has 224 valence electrons. The van der Waals surface area contributed by atoms with Gasteiger partial charge in [-0.15, -0.1) is 0 Å². The number of pyridine rings is 1. The Hall–Kier alpha value is -4.21. The molecule has 0 radical (unpaired) electrons. The summed E-state index contributed by atoms with van der Waals surface area (Å²) in [4.78, 5) is 47.0. The second-order valence-corrected chi connectivity index (χ2v) is 12.0. The maximum Gasteiger partial charge on any atom is 0.318 e. The number of rotatable bonds is 7. The smallest absolute Gasteiger partial charge is 0.318 e. The molecule has 0 bridgehead atoms. The second kappa shape index (κ2) is 11.5. The van der Waals surface area contributed by atoms with E-state index in [9.17, 15) is 14.9 Å². The van der Waals surface area contributed by atoms with Gasteiger partial charge in [-0.3, -0.25) is 9.59 Å². The summed E-state index contributed by atoms with van der Waals surface area (Å²) >= 11 is 0. The minimum atomic E-state index is -0.210. The zero-order valence-electron chi connectivity index (χ0n) is 24.5. The van der Waals surface area contributed by atoms with Gasteiger partial charge in [0.15, 0.2) is 0 Å². The fourth-order valence-electron chi connectivity index (χ4n) is 6.78. The maximum absolute atomic E-state index is 13.0. The van der Waals surface area contributed by atoms with E-state index in [4.69, 9.17) is 14.7 Å². The Labute approximate surface area is 250 Å². The third-order valence-electron chi connectivity index (χ3n) is 9.27. The van der Waals surface area contributed by atoms with Crippen LogP contribution in [0.3, 0.4) is 0 Å². The summed E-state index contributed by atoms with van der Waals surface area (Å²) in [6.45, 7) is 5.19. The van der Waals surface area contributed by atoms with Crippen LogP contribution in [-0.2, 0) is 17.8 Å². The van der Waals surface area contributed by atoms with Gasteiger partial charge in [0.1, 0.15) is 12.4 Å². The number of nitrogens with one attached hydrogen (secondary N) is 2. The number of piperazine rings is 1. The van der Waals surface area contributed by atoms with Crippen LogP contribution in [-0.4, -0.2) is 102 Å². The highest BCUT2D eigenvalue weighted by Crippen LogP contribution is 2.34. The molecular formula is C31H37N9O3. The molecule has 12 heteroatoms. The third kappa shape index (κ3) is 5.50. The summed E-state index contributed by atoms with van der Waals surface area (Å²) < 4.78 is 6.27. The fourth-order valence-corrected chi connectivity index (χ4v) is 6.78. The summed E-state index contributed by atoms with van der Waals surface area (Å²) in [5.74, 6) is 0.907. The number of nitrogens with zero attached hydrogens (tertiary/aromatic N) is 7. The molecule has 3 atom stereocenters. The molecule has 1 aromatic carbocycles. The van der Waals surface area contributed by atoms with Gasteiger partial charge in [-0.1, -0.05) is 18.2 Å². The topological polar surface area (TPSA) is 144 Å². The molecule has 0 saturated carbocycles. The fraction of sp³-hybridized carbons (Fsp3) is 0.516. The van der Waals surface area contributed by atoms with Gasteiger partial charge in [0.25, 0.3) is 0 Å². The summed E-state index contributed by atoms with van der Waals surface area (Å²) in [6, 6.07) is 12.2. The van der Waals surface area contributed by atoms with E-state index < -0.39 is 0 Å². The maximum atomic E-state index is 13.0. The molecule has 0 aliphatic carbocycles. The Morgan fingerprint density at radius 3 is 2.79 bits per heavy atom. The van der Waals surface area contributed by atoms with E-state index in [1.54, 1.807) is 6.07 Å². The molecule has 7 rings (SSSR count). The van der Waals surface area contributed by atoms with Crippen molar-refractivity contribution in [3.8, 4) is 12.1 Å². The number of aromatic amines is 1. The summed E-state index contributed by atoms with van der Waals surface area (Å²) in [5, 5.41) is 13.7. The van der Waals surface area contributed by atoms with E-state index in [1.165, 1.54) is 0 Å². The molecule has 4 aliphatic heterocycles. The van der Waals surface area contributed by atoms with Gasteiger partial charge >= 0.3 is 6.01 Å². The SMILES string of the molecule is CN1CCC[C@H]1COc1nc2c(c(N3CCN(C(=O)[C@@H]4CN4)[C@@H](CC#N)C3)n1)CCN(c1cc(=O)[nH]c3ccccc13)C2. The summed E-state index contributed by atoms with van der Waals surface area (Å²) in [7, 11) is 2.12. The highest BCUT2D eigenvalue weighted by molar-refractivity contribution is 5.91. The Bertz CT molecular complexity index is 1630. The van der Waals surface area contributed by atoms with Crippen molar-refractivity contribution in [1.29, 1.82) is 5.26 Å². The number of fused-ring (bicyclic) bond motifs is 2. The van der Waals surface area contributed by atoms with E-state index in [1.807, 2.05) is 29.2 Å². The predicted octanol–water partition coefficient (Wildman–Crippen LogP) is 1.26. The number of nitriles is 1. The van der Waals surface area contributed by atoms with E-state index >= 15 is 0 Å². The van der Waals surface area contributed by atoms with E-state index in [2.05, 4.69) is 38.1 Å². The molecule has 3 saturated heterocycles. The van der Waals surface area contributed by atoms with Crippen LogP contribution in [0.2, 0.25) is 0 Å². The lowest BCUT2D eigenvalue weighted by atomic mass is 10.0. The molecule has 1 amide bonds. The standard InChI is InChI=1S/C31H37N9O3/c1-37-11-4-5-21(37)19-43-31-35-26-18-38(27-15-28(41)34-24-7-3-2-6-22(24)27)12-9-23(26)29(36-31)39-13-14-40(20(17-39)8-10-32)30(42)25-16-33-25/h2-3,6-7,15,20-21,25,33H,4-5,8-9,11-14,16-19H2,1H3,(H,34,41)/t20-,21-,25-/m0/s1. The Kier molecular flexibility index (Phi) is 7.36. The number of benzene rings is 1. The lowest BCUT2D eigenvalue weighted by Gasteiger charge is -2.42. The quantitative estimate of drug-likeness (QED) is 0.390. The van der Waals surface area contributed by atoms with Crippen LogP contribution in [0.4, 0.5) is 11.5 Å². The van der Waals surface area contributed by atoms with Gasteiger partial charge in [-0.05, 0) is 38.9 Å². The normalized spacial score (nSPS) is 23.7. The molecule has 0 unspecified atom stereocenters. The van der Waals surface area contributed by atoms with Gasteiger partial charge in [-0.25, -0.2) is 0 Å². The number of hydrogen-bond acceptors (Lipinski definition) is 10. The first-order valence-electron chi connectivity index (χ1n) is 15.2. The van der Waals surface area contributed by atoms with Crippen LogP contribution in [0, 0.1) is 11.3 Å². The van der Waals surface area contributed by atoms with Crippen molar-refractivity contribution in [2.75, 3.05) is 62.7 Å². The molecule has 0 spiro atoms. The van der Waals surface area contributed by atoms with E-state index in [-0.39, 0.29) is 30.0 Å². The first-order valence-corrected chi connectivity index (χ1v) is 15.2. The second-order valence-electron chi connectivity index (χ2n) is 12.0. The summed E-state index contributed by atoms with van der Waals surface area (Å²) in [6.07, 6.45) is 3.20. The number of H-pyrrole nitrogens is 1. The number of anilines is 2. The van der Waals surface area contributed by atoms with Crippen molar-refractivity contribution in [3.63, 3.8) is 0 Å². The summed E-state index contributed by atoms with van der Waals surface area (Å²) in [5.41, 5.74) is 3.50. The van der Waals surface area contributed by atoms with E-state index in [0.717, 1.165) is 53.1 Å². The lowest BCUT2D eigenvalue weighted by Crippen LogP contribution is -2.57. The highest BCUT2D eigenvalue weighted by Gasteiger charge is 2.39. The number of aromatic nitrogens is 3. The Balaban J connectivity index is 1.21. The van der Waals surface area contributed by atoms with Crippen molar-refractivity contribution in [1.82, 2.24) is 30.1 Å². The van der Waals surface area contributed by atoms with Gasteiger partial charge in [0.2, 0.25) is 11.5 Å². The molecule has 3 aromatic rings. The largest absolute Gasteiger partial charge is 0.462 e. The molecule has 3 fully saturated rings.